The Morgan fingerprint density at radius 2 is 1.92 bits per heavy atom. The second kappa shape index (κ2) is 6.59. The van der Waals surface area contributed by atoms with Gasteiger partial charge >= 0.3 is 0 Å². The van der Waals surface area contributed by atoms with Crippen LogP contribution in [0.4, 0.5) is 5.13 Å². The molecule has 1 N–H and O–H groups in total. The van der Waals surface area contributed by atoms with Crippen molar-refractivity contribution in [3.8, 4) is 0 Å². The van der Waals surface area contributed by atoms with Crippen molar-refractivity contribution in [1.82, 2.24) is 9.99 Å². The molecule has 1 fully saturated rings. The number of hydrogen-bond donors (Lipinski definition) is 1. The van der Waals surface area contributed by atoms with E-state index in [0.717, 1.165) is 21.3 Å². The van der Waals surface area contributed by atoms with Crippen LogP contribution in [0.15, 0.2) is 53.4 Å². The van der Waals surface area contributed by atoms with E-state index in [4.69, 9.17) is 12.2 Å². The fraction of sp³-hybridized carbons (Fsp3) is 0.0556. The summed E-state index contributed by atoms with van der Waals surface area (Å²) in [6.45, 7) is 2.02. The number of nitrogens with one attached hydrogen (secondary N) is 1. The Kier molecular flexibility index (Phi) is 4.29. The van der Waals surface area contributed by atoms with Crippen LogP contribution in [0, 0.1) is 6.92 Å². The quantitative estimate of drug-likeness (QED) is 0.518. The molecule has 124 valence electrons. The van der Waals surface area contributed by atoms with Crippen LogP contribution >= 0.6 is 35.3 Å². The van der Waals surface area contributed by atoms with E-state index in [-0.39, 0.29) is 5.91 Å². The van der Waals surface area contributed by atoms with Crippen molar-refractivity contribution < 1.29 is 4.79 Å². The average Bonchev–Trinajstić information content (AvgIpc) is 3.13. The summed E-state index contributed by atoms with van der Waals surface area (Å²) in [7, 11) is 0. The number of rotatable bonds is 3. The first-order valence-electron chi connectivity index (χ1n) is 7.57. The molecule has 0 atom stereocenters. The van der Waals surface area contributed by atoms with E-state index in [0.29, 0.717) is 14.4 Å². The summed E-state index contributed by atoms with van der Waals surface area (Å²) in [5.74, 6) is -0.155. The molecule has 1 aliphatic rings. The van der Waals surface area contributed by atoms with Crippen LogP contribution in [0.1, 0.15) is 11.1 Å². The van der Waals surface area contributed by atoms with Gasteiger partial charge in [0.1, 0.15) is 0 Å². The number of aromatic nitrogens is 1. The van der Waals surface area contributed by atoms with Gasteiger partial charge in [0.15, 0.2) is 4.32 Å². The number of benzene rings is 2. The zero-order valence-corrected chi connectivity index (χ0v) is 15.7. The van der Waals surface area contributed by atoms with Crippen molar-refractivity contribution >= 4 is 67.0 Å². The smallest absolute Gasteiger partial charge is 0.266 e. The Morgan fingerprint density at radius 1 is 1.16 bits per heavy atom. The zero-order chi connectivity index (χ0) is 17.4. The molecule has 1 amide bonds. The van der Waals surface area contributed by atoms with E-state index in [1.807, 2.05) is 61.5 Å². The van der Waals surface area contributed by atoms with Gasteiger partial charge in [0, 0.05) is 0 Å². The van der Waals surface area contributed by atoms with E-state index in [9.17, 15) is 4.79 Å². The molecule has 2 heterocycles. The molecule has 4 rings (SSSR count). The maximum atomic E-state index is 12.7. The van der Waals surface area contributed by atoms with Crippen LogP contribution in [0.2, 0.25) is 0 Å². The molecule has 2 aromatic carbocycles. The maximum absolute atomic E-state index is 12.7. The van der Waals surface area contributed by atoms with Crippen molar-refractivity contribution in [2.45, 2.75) is 6.92 Å². The molecule has 0 radical (unpaired) electrons. The third-order valence-corrected chi connectivity index (χ3v) is 6.01. The second-order valence-corrected chi connectivity index (χ2v) is 8.18. The van der Waals surface area contributed by atoms with Crippen LogP contribution in [0.25, 0.3) is 16.3 Å². The number of fused-ring (bicyclic) bond motifs is 1. The monoisotopic (exact) mass is 383 g/mol. The van der Waals surface area contributed by atoms with Crippen molar-refractivity contribution in [3.05, 3.63) is 64.6 Å². The summed E-state index contributed by atoms with van der Waals surface area (Å²) in [6, 6.07) is 15.8. The SMILES string of the molecule is Cc1ccccc1/C=C1\SC(=S)N(Nc2nc3ccccc3s2)C1=O. The molecule has 0 saturated carbocycles. The standard InChI is InChI=1S/C18H13N3OS3/c1-11-6-2-3-7-12(11)10-15-16(22)21(18(23)25-15)20-17-19-13-8-4-5-9-14(13)24-17/h2-10H,1H3,(H,19,20)/b15-10-. The van der Waals surface area contributed by atoms with E-state index in [1.165, 1.54) is 28.1 Å². The number of anilines is 1. The lowest BCUT2D eigenvalue weighted by molar-refractivity contribution is -0.121. The minimum absolute atomic E-state index is 0.155. The third kappa shape index (κ3) is 3.18. The Balaban J connectivity index is 1.60. The number of carbonyl (C=O) groups is 1. The van der Waals surface area contributed by atoms with Gasteiger partial charge in [0.25, 0.3) is 5.91 Å². The number of thioether (sulfide) groups is 1. The van der Waals surface area contributed by atoms with Gasteiger partial charge in [-0.15, -0.1) is 0 Å². The lowest BCUT2D eigenvalue weighted by Crippen LogP contribution is -2.33. The number of thiocarbonyl (C=S) groups is 1. The molecular formula is C18H13N3OS3. The highest BCUT2D eigenvalue weighted by Crippen LogP contribution is 2.34. The van der Waals surface area contributed by atoms with Crippen molar-refractivity contribution in [3.63, 3.8) is 0 Å². The number of hydrogen-bond acceptors (Lipinski definition) is 6. The van der Waals surface area contributed by atoms with Crippen LogP contribution < -0.4 is 5.43 Å². The molecule has 25 heavy (non-hydrogen) atoms. The van der Waals surface area contributed by atoms with E-state index in [2.05, 4.69) is 10.4 Å². The number of thiazole rings is 1. The average molecular weight is 384 g/mol. The highest BCUT2D eigenvalue weighted by Gasteiger charge is 2.33. The summed E-state index contributed by atoms with van der Waals surface area (Å²) in [5, 5.41) is 2.04. The second-order valence-electron chi connectivity index (χ2n) is 5.47. The minimum Gasteiger partial charge on any atom is -0.266 e. The molecule has 0 bridgehead atoms. The largest absolute Gasteiger partial charge is 0.285 e. The molecule has 0 unspecified atom stereocenters. The highest BCUT2D eigenvalue weighted by atomic mass is 32.2. The number of para-hydroxylation sites is 1. The summed E-state index contributed by atoms with van der Waals surface area (Å²) in [6.07, 6.45) is 1.88. The molecule has 1 aromatic heterocycles. The van der Waals surface area contributed by atoms with E-state index in [1.54, 1.807) is 0 Å². The molecule has 1 saturated heterocycles. The lowest BCUT2D eigenvalue weighted by atomic mass is 10.1. The van der Waals surface area contributed by atoms with Crippen LogP contribution in [-0.2, 0) is 4.79 Å². The molecule has 0 aliphatic carbocycles. The predicted octanol–water partition coefficient (Wildman–Crippen LogP) is 4.83. The fourth-order valence-corrected chi connectivity index (χ4v) is 4.49. The van der Waals surface area contributed by atoms with Crippen LogP contribution in [0.5, 0.6) is 0 Å². The Morgan fingerprint density at radius 3 is 2.72 bits per heavy atom. The zero-order valence-electron chi connectivity index (χ0n) is 13.2. The van der Waals surface area contributed by atoms with Crippen molar-refractivity contribution in [2.24, 2.45) is 0 Å². The minimum atomic E-state index is -0.155. The fourth-order valence-electron chi connectivity index (χ4n) is 2.47. The summed E-state index contributed by atoms with van der Waals surface area (Å²) in [4.78, 5) is 17.8. The first-order valence-corrected chi connectivity index (χ1v) is 9.62. The first kappa shape index (κ1) is 16.3. The van der Waals surface area contributed by atoms with Gasteiger partial charge in [-0.2, -0.15) is 5.01 Å². The maximum Gasteiger partial charge on any atom is 0.285 e. The number of hydrazine groups is 1. The molecular weight excluding hydrogens is 370 g/mol. The van der Waals surface area contributed by atoms with Crippen molar-refractivity contribution in [1.29, 1.82) is 0 Å². The Labute approximate surface area is 158 Å². The number of aryl methyl sites for hydroxylation is 1. The van der Waals surface area contributed by atoms with E-state index >= 15 is 0 Å². The number of nitrogens with zero attached hydrogens (tertiary/aromatic N) is 2. The number of carbonyl (C=O) groups excluding carboxylic acids is 1. The molecule has 1 aliphatic heterocycles. The first-order chi connectivity index (χ1) is 12.1. The molecule has 4 nitrogen and oxygen atoms in total. The molecule has 7 heteroatoms. The van der Waals surface area contributed by atoms with Crippen LogP contribution in [0.3, 0.4) is 0 Å². The van der Waals surface area contributed by atoms with Gasteiger partial charge in [0.2, 0.25) is 5.13 Å². The van der Waals surface area contributed by atoms with Gasteiger partial charge in [-0.05, 0) is 48.5 Å². The topological polar surface area (TPSA) is 45.2 Å². The summed E-state index contributed by atoms with van der Waals surface area (Å²) >= 11 is 8.15. The van der Waals surface area contributed by atoms with E-state index < -0.39 is 0 Å². The molecule has 0 spiro atoms. The molecule has 3 aromatic rings. The van der Waals surface area contributed by atoms with Gasteiger partial charge in [-0.25, -0.2) is 4.98 Å². The Hall–Kier alpha value is -2.22. The third-order valence-electron chi connectivity index (χ3n) is 3.77. The predicted molar refractivity (Wildman–Crippen MR) is 109 cm³/mol. The van der Waals surface area contributed by atoms with Gasteiger partial charge in [0.05, 0.1) is 15.1 Å². The van der Waals surface area contributed by atoms with Gasteiger partial charge in [-0.1, -0.05) is 59.5 Å². The van der Waals surface area contributed by atoms with Gasteiger partial charge < -0.3 is 0 Å². The normalized spacial score (nSPS) is 16.2. The van der Waals surface area contributed by atoms with Crippen molar-refractivity contribution in [2.75, 3.05) is 5.43 Å². The van der Waals surface area contributed by atoms with Gasteiger partial charge in [-0.3, -0.25) is 10.2 Å². The highest BCUT2D eigenvalue weighted by molar-refractivity contribution is 8.26. The summed E-state index contributed by atoms with van der Waals surface area (Å²) in [5.41, 5.74) is 6.08. The van der Waals surface area contributed by atoms with Crippen LogP contribution in [-0.4, -0.2) is 20.2 Å². The lowest BCUT2D eigenvalue weighted by Gasteiger charge is -2.14. The number of amides is 1. The Bertz CT molecular complexity index is 992. The summed E-state index contributed by atoms with van der Waals surface area (Å²) < 4.78 is 1.54.